The minimum atomic E-state index is -0.172. The van der Waals surface area contributed by atoms with E-state index in [-0.39, 0.29) is 5.91 Å². The number of aryl methyl sites for hydroxylation is 1. The van der Waals surface area contributed by atoms with E-state index in [9.17, 15) is 4.79 Å². The Bertz CT molecular complexity index is 747. The third-order valence-electron chi connectivity index (χ3n) is 4.44. The summed E-state index contributed by atoms with van der Waals surface area (Å²) in [4.78, 5) is 19.1. The molecule has 1 aliphatic rings. The Morgan fingerprint density at radius 2 is 2.17 bits per heavy atom. The lowest BCUT2D eigenvalue weighted by atomic mass is 10.00. The van der Waals surface area contributed by atoms with Gasteiger partial charge in [0.15, 0.2) is 0 Å². The van der Waals surface area contributed by atoms with Gasteiger partial charge in [-0.25, -0.2) is 0 Å². The molecule has 1 amide bonds. The van der Waals surface area contributed by atoms with Crippen LogP contribution in [0.1, 0.15) is 35.7 Å². The van der Waals surface area contributed by atoms with Crippen LogP contribution in [-0.2, 0) is 0 Å². The lowest BCUT2D eigenvalue weighted by Gasteiger charge is -2.32. The average Bonchev–Trinajstić information content (AvgIpc) is 2.58. The summed E-state index contributed by atoms with van der Waals surface area (Å²) < 4.78 is 0. The molecule has 126 valence electrons. The molecule has 2 heterocycles. The van der Waals surface area contributed by atoms with E-state index in [0.29, 0.717) is 22.2 Å². The molecule has 1 N–H and O–H groups in total. The summed E-state index contributed by atoms with van der Waals surface area (Å²) >= 11 is 6.11. The van der Waals surface area contributed by atoms with Gasteiger partial charge in [-0.15, -0.1) is 0 Å². The highest BCUT2D eigenvalue weighted by molar-refractivity contribution is 6.31. The molecule has 24 heavy (non-hydrogen) atoms. The Morgan fingerprint density at radius 1 is 1.33 bits per heavy atom. The zero-order chi connectivity index (χ0) is 17.1. The normalized spacial score (nSPS) is 17.6. The molecule has 1 atom stereocenters. The molecule has 5 heteroatoms. The van der Waals surface area contributed by atoms with Crippen molar-refractivity contribution < 1.29 is 4.79 Å². The van der Waals surface area contributed by atoms with Crippen LogP contribution in [0.3, 0.4) is 0 Å². The molecular formula is C19H22ClN3O. The molecule has 1 unspecified atom stereocenters. The zero-order valence-corrected chi connectivity index (χ0v) is 14.8. The first kappa shape index (κ1) is 16.8. The second-order valence-corrected chi connectivity index (χ2v) is 6.95. The predicted molar refractivity (Wildman–Crippen MR) is 99.0 cm³/mol. The zero-order valence-electron chi connectivity index (χ0n) is 14.1. The molecule has 1 fully saturated rings. The smallest absolute Gasteiger partial charge is 0.257 e. The standard InChI is InChI=1S/C19H22ClN3O/c1-13-4-3-7-23(12-13)17-8-15(10-21-11-17)19(24)22-16-6-5-14(2)18(20)9-16/h5-6,8-11,13H,3-4,7,12H2,1-2H3,(H,22,24). The fraction of sp³-hybridized carbons (Fsp3) is 0.368. The topological polar surface area (TPSA) is 45.2 Å². The molecule has 0 spiro atoms. The molecule has 1 aliphatic heterocycles. The molecule has 4 nitrogen and oxygen atoms in total. The average molecular weight is 344 g/mol. The van der Waals surface area contributed by atoms with Crippen molar-refractivity contribution in [2.45, 2.75) is 26.7 Å². The molecule has 1 saturated heterocycles. The summed E-state index contributed by atoms with van der Waals surface area (Å²) in [7, 11) is 0. The quantitative estimate of drug-likeness (QED) is 0.890. The van der Waals surface area contributed by atoms with Crippen LogP contribution in [0.25, 0.3) is 0 Å². The van der Waals surface area contributed by atoms with E-state index in [2.05, 4.69) is 22.1 Å². The van der Waals surface area contributed by atoms with E-state index in [1.54, 1.807) is 12.3 Å². The number of amides is 1. The number of piperidine rings is 1. The Balaban J connectivity index is 1.75. The summed E-state index contributed by atoms with van der Waals surface area (Å²) in [6, 6.07) is 7.42. The molecule has 0 saturated carbocycles. The number of nitrogens with zero attached hydrogens (tertiary/aromatic N) is 2. The van der Waals surface area contributed by atoms with E-state index < -0.39 is 0 Å². The van der Waals surface area contributed by atoms with Gasteiger partial charge in [0.1, 0.15) is 0 Å². The monoisotopic (exact) mass is 343 g/mol. The van der Waals surface area contributed by atoms with Crippen LogP contribution in [0.4, 0.5) is 11.4 Å². The van der Waals surface area contributed by atoms with Gasteiger partial charge in [0.2, 0.25) is 0 Å². The first-order valence-electron chi connectivity index (χ1n) is 8.30. The van der Waals surface area contributed by atoms with Gasteiger partial charge in [-0.3, -0.25) is 9.78 Å². The minimum Gasteiger partial charge on any atom is -0.370 e. The minimum absolute atomic E-state index is 0.172. The lowest BCUT2D eigenvalue weighted by Crippen LogP contribution is -2.34. The van der Waals surface area contributed by atoms with Crippen molar-refractivity contribution in [2.75, 3.05) is 23.3 Å². The molecule has 0 radical (unpaired) electrons. The fourth-order valence-electron chi connectivity index (χ4n) is 3.02. The maximum Gasteiger partial charge on any atom is 0.257 e. The van der Waals surface area contributed by atoms with Crippen molar-refractivity contribution >= 4 is 28.9 Å². The number of aromatic nitrogens is 1. The summed E-state index contributed by atoms with van der Waals surface area (Å²) in [5.41, 5.74) is 3.24. The third-order valence-corrected chi connectivity index (χ3v) is 4.85. The van der Waals surface area contributed by atoms with Crippen LogP contribution in [0.2, 0.25) is 5.02 Å². The van der Waals surface area contributed by atoms with Crippen molar-refractivity contribution in [3.63, 3.8) is 0 Å². The number of nitrogens with one attached hydrogen (secondary N) is 1. The Hall–Kier alpha value is -2.07. The van der Waals surface area contributed by atoms with Crippen LogP contribution < -0.4 is 10.2 Å². The van der Waals surface area contributed by atoms with Crippen LogP contribution in [0.15, 0.2) is 36.7 Å². The maximum atomic E-state index is 12.5. The van der Waals surface area contributed by atoms with Crippen LogP contribution in [-0.4, -0.2) is 24.0 Å². The van der Waals surface area contributed by atoms with Gasteiger partial charge in [-0.05, 0) is 49.4 Å². The van der Waals surface area contributed by atoms with Crippen molar-refractivity contribution in [3.8, 4) is 0 Å². The Labute approximate surface area is 147 Å². The van der Waals surface area contributed by atoms with Crippen molar-refractivity contribution in [1.29, 1.82) is 0 Å². The number of halogens is 1. The number of pyridine rings is 1. The number of rotatable bonds is 3. The van der Waals surface area contributed by atoms with Gasteiger partial charge < -0.3 is 10.2 Å². The maximum absolute atomic E-state index is 12.5. The largest absolute Gasteiger partial charge is 0.370 e. The van der Waals surface area contributed by atoms with Crippen LogP contribution in [0.5, 0.6) is 0 Å². The van der Waals surface area contributed by atoms with E-state index in [4.69, 9.17) is 11.6 Å². The highest BCUT2D eigenvalue weighted by atomic mass is 35.5. The molecule has 0 bridgehead atoms. The summed E-state index contributed by atoms with van der Waals surface area (Å²) in [6.45, 7) is 6.23. The molecule has 1 aromatic heterocycles. The van der Waals surface area contributed by atoms with Gasteiger partial charge in [0, 0.05) is 30.0 Å². The fourth-order valence-corrected chi connectivity index (χ4v) is 3.20. The van der Waals surface area contributed by atoms with Crippen molar-refractivity contribution in [2.24, 2.45) is 5.92 Å². The number of benzene rings is 1. The van der Waals surface area contributed by atoms with E-state index in [0.717, 1.165) is 24.3 Å². The van der Waals surface area contributed by atoms with Crippen LogP contribution in [0, 0.1) is 12.8 Å². The first-order chi connectivity index (χ1) is 11.5. The predicted octanol–water partition coefficient (Wildman–Crippen LogP) is 4.53. The molecular weight excluding hydrogens is 322 g/mol. The second kappa shape index (κ2) is 7.22. The second-order valence-electron chi connectivity index (χ2n) is 6.54. The van der Waals surface area contributed by atoms with Gasteiger partial charge >= 0.3 is 0 Å². The first-order valence-corrected chi connectivity index (χ1v) is 8.68. The van der Waals surface area contributed by atoms with E-state index in [1.165, 1.54) is 12.8 Å². The highest BCUT2D eigenvalue weighted by Crippen LogP contribution is 2.24. The van der Waals surface area contributed by atoms with Gasteiger partial charge in [-0.1, -0.05) is 24.6 Å². The summed E-state index contributed by atoms with van der Waals surface area (Å²) in [6.07, 6.45) is 5.87. The Kier molecular flexibility index (Phi) is 5.05. The third kappa shape index (κ3) is 3.88. The number of anilines is 2. The SMILES string of the molecule is Cc1ccc(NC(=O)c2cncc(N3CCCC(C)C3)c2)cc1Cl. The van der Waals surface area contributed by atoms with Crippen LogP contribution >= 0.6 is 11.6 Å². The number of hydrogen-bond acceptors (Lipinski definition) is 3. The summed E-state index contributed by atoms with van der Waals surface area (Å²) in [5, 5.41) is 3.52. The van der Waals surface area contributed by atoms with Gasteiger partial charge in [-0.2, -0.15) is 0 Å². The highest BCUT2D eigenvalue weighted by Gasteiger charge is 2.18. The number of carbonyl (C=O) groups is 1. The number of carbonyl (C=O) groups excluding carboxylic acids is 1. The molecule has 0 aliphatic carbocycles. The van der Waals surface area contributed by atoms with Gasteiger partial charge in [0.05, 0.1) is 17.4 Å². The Morgan fingerprint density at radius 3 is 2.92 bits per heavy atom. The molecule has 1 aromatic carbocycles. The molecule has 2 aromatic rings. The van der Waals surface area contributed by atoms with E-state index in [1.807, 2.05) is 31.3 Å². The van der Waals surface area contributed by atoms with Crippen molar-refractivity contribution in [3.05, 3.63) is 52.8 Å². The van der Waals surface area contributed by atoms with Gasteiger partial charge in [0.25, 0.3) is 5.91 Å². The van der Waals surface area contributed by atoms with Crippen molar-refractivity contribution in [1.82, 2.24) is 4.98 Å². The molecule has 3 rings (SSSR count). The van der Waals surface area contributed by atoms with E-state index >= 15 is 0 Å². The lowest BCUT2D eigenvalue weighted by molar-refractivity contribution is 0.102. The summed E-state index contributed by atoms with van der Waals surface area (Å²) in [5.74, 6) is 0.500. The number of hydrogen-bond donors (Lipinski definition) is 1.